The summed E-state index contributed by atoms with van der Waals surface area (Å²) in [5.74, 6) is 1.26. The quantitative estimate of drug-likeness (QED) is 0.762. The predicted molar refractivity (Wildman–Crippen MR) is 80.8 cm³/mol. The first-order valence-electron chi connectivity index (χ1n) is 6.24. The molecule has 1 aliphatic heterocycles. The van der Waals surface area contributed by atoms with E-state index in [-0.39, 0.29) is 12.5 Å². The van der Waals surface area contributed by atoms with Crippen molar-refractivity contribution in [2.24, 2.45) is 0 Å². The summed E-state index contributed by atoms with van der Waals surface area (Å²) in [5, 5.41) is 9.24. The van der Waals surface area contributed by atoms with Crippen molar-refractivity contribution in [1.29, 1.82) is 0 Å². The summed E-state index contributed by atoms with van der Waals surface area (Å²) in [5.41, 5.74) is 0.960. The normalized spacial score (nSPS) is 17.9. The van der Waals surface area contributed by atoms with Crippen molar-refractivity contribution < 1.29 is 14.1 Å². The van der Waals surface area contributed by atoms with E-state index in [0.717, 1.165) is 10.0 Å². The molecule has 2 aromatic rings. The van der Waals surface area contributed by atoms with Gasteiger partial charge in [0.1, 0.15) is 11.5 Å². The van der Waals surface area contributed by atoms with Gasteiger partial charge in [-0.3, -0.25) is 0 Å². The molecule has 2 aromatic carbocycles. The summed E-state index contributed by atoms with van der Waals surface area (Å²) in [6.45, 7) is 1.99. The fourth-order valence-electron chi connectivity index (χ4n) is 2.11. The summed E-state index contributed by atoms with van der Waals surface area (Å²) in [6, 6.07) is 11.1. The van der Waals surface area contributed by atoms with Crippen molar-refractivity contribution in [2.45, 2.75) is 22.6 Å². The average Bonchev–Trinajstić information content (AvgIpc) is 2.47. The van der Waals surface area contributed by atoms with Gasteiger partial charge in [0, 0.05) is 17.0 Å². The van der Waals surface area contributed by atoms with Gasteiger partial charge in [-0.15, -0.1) is 0 Å². The number of hydrogen-bond donors (Lipinski definition) is 1. The molecular weight excluding hydrogens is 340 g/mol. The average molecular weight is 353 g/mol. The third-order valence-electron chi connectivity index (χ3n) is 3.34. The second-order valence-electron chi connectivity index (χ2n) is 4.75. The van der Waals surface area contributed by atoms with Crippen LogP contribution in [-0.2, 0) is 10.8 Å². The Morgan fingerprint density at radius 1 is 1.20 bits per heavy atom. The van der Waals surface area contributed by atoms with Gasteiger partial charge in [0.15, 0.2) is 0 Å². The monoisotopic (exact) mass is 352 g/mol. The van der Waals surface area contributed by atoms with Gasteiger partial charge in [0.25, 0.3) is 0 Å². The Labute approximate surface area is 128 Å². The molecule has 0 radical (unpaired) electrons. The summed E-state index contributed by atoms with van der Waals surface area (Å²) in [7, 11) is -1.27. The fourth-order valence-corrected chi connectivity index (χ4v) is 3.93. The Kier molecular flexibility index (Phi) is 3.67. The summed E-state index contributed by atoms with van der Waals surface area (Å²) < 4.78 is 19.3. The highest BCUT2D eigenvalue weighted by molar-refractivity contribution is 9.10. The number of halogens is 1. The standard InChI is InChI=1S/C15H13BrO3S/c1-9(8-17)10-2-4-12-14(6-10)20(18)15-7-11(16)3-5-13(15)19-12/h2-7,9,17H,8H2,1H3. The predicted octanol–water partition coefficient (Wildman–Crippen LogP) is 3.82. The van der Waals surface area contributed by atoms with E-state index in [9.17, 15) is 9.32 Å². The van der Waals surface area contributed by atoms with E-state index < -0.39 is 10.8 Å². The molecule has 2 unspecified atom stereocenters. The topological polar surface area (TPSA) is 46.5 Å². The maximum Gasteiger partial charge on any atom is 0.144 e. The second-order valence-corrected chi connectivity index (χ2v) is 7.08. The highest BCUT2D eigenvalue weighted by Gasteiger charge is 2.25. The van der Waals surface area contributed by atoms with Crippen LogP contribution in [0.2, 0.25) is 0 Å². The van der Waals surface area contributed by atoms with Crippen LogP contribution < -0.4 is 4.74 Å². The number of benzene rings is 2. The molecule has 0 bridgehead atoms. The zero-order chi connectivity index (χ0) is 14.3. The molecule has 0 spiro atoms. The molecule has 5 heteroatoms. The van der Waals surface area contributed by atoms with Gasteiger partial charge in [0.05, 0.1) is 20.6 Å². The van der Waals surface area contributed by atoms with Gasteiger partial charge in [-0.2, -0.15) is 0 Å². The largest absolute Gasteiger partial charge is 0.455 e. The molecule has 104 valence electrons. The van der Waals surface area contributed by atoms with Gasteiger partial charge >= 0.3 is 0 Å². The van der Waals surface area contributed by atoms with Crippen LogP contribution in [0, 0.1) is 0 Å². The summed E-state index contributed by atoms with van der Waals surface area (Å²) in [6.07, 6.45) is 0. The summed E-state index contributed by atoms with van der Waals surface area (Å²) in [4.78, 5) is 1.33. The Hall–Kier alpha value is -1.17. The number of fused-ring (bicyclic) bond motifs is 2. The third-order valence-corrected chi connectivity index (χ3v) is 5.27. The highest BCUT2D eigenvalue weighted by Crippen LogP contribution is 2.42. The SMILES string of the molecule is CC(CO)c1ccc2c(c1)S(=O)c1cc(Br)ccc1O2. The van der Waals surface area contributed by atoms with Gasteiger partial charge in [-0.05, 0) is 35.9 Å². The first kappa shape index (κ1) is 13.8. The Morgan fingerprint density at radius 2 is 1.85 bits per heavy atom. The molecular formula is C15H13BrO3S. The first-order valence-corrected chi connectivity index (χ1v) is 8.18. The van der Waals surface area contributed by atoms with Crippen molar-refractivity contribution >= 4 is 26.7 Å². The first-order chi connectivity index (χ1) is 9.60. The number of aliphatic hydroxyl groups is 1. The van der Waals surface area contributed by atoms with Crippen LogP contribution >= 0.6 is 15.9 Å². The van der Waals surface area contributed by atoms with Gasteiger partial charge in [0.2, 0.25) is 0 Å². The molecule has 0 saturated heterocycles. The number of hydrogen-bond acceptors (Lipinski definition) is 3. The van der Waals surface area contributed by atoms with E-state index in [1.54, 1.807) is 0 Å². The molecule has 0 fully saturated rings. The van der Waals surface area contributed by atoms with Crippen molar-refractivity contribution in [2.75, 3.05) is 6.61 Å². The smallest absolute Gasteiger partial charge is 0.144 e. The van der Waals surface area contributed by atoms with Crippen molar-refractivity contribution in [3.63, 3.8) is 0 Å². The van der Waals surface area contributed by atoms with E-state index in [0.29, 0.717) is 21.3 Å². The second kappa shape index (κ2) is 5.31. The zero-order valence-corrected chi connectivity index (χ0v) is 13.2. The summed E-state index contributed by atoms with van der Waals surface area (Å²) >= 11 is 3.38. The van der Waals surface area contributed by atoms with E-state index >= 15 is 0 Å². The molecule has 1 heterocycles. The van der Waals surface area contributed by atoms with Crippen molar-refractivity contribution in [3.8, 4) is 11.5 Å². The Balaban J connectivity index is 2.09. The van der Waals surface area contributed by atoms with Gasteiger partial charge in [-0.25, -0.2) is 4.21 Å². The molecule has 2 atom stereocenters. The lowest BCUT2D eigenvalue weighted by atomic mass is 10.0. The van der Waals surface area contributed by atoms with E-state index in [1.165, 1.54) is 0 Å². The number of rotatable bonds is 2. The molecule has 0 aromatic heterocycles. The van der Waals surface area contributed by atoms with Crippen LogP contribution in [0.4, 0.5) is 0 Å². The van der Waals surface area contributed by atoms with Crippen molar-refractivity contribution in [3.05, 3.63) is 46.4 Å². The van der Waals surface area contributed by atoms with Crippen LogP contribution in [0.5, 0.6) is 11.5 Å². The molecule has 1 N–H and O–H groups in total. The number of ether oxygens (including phenoxy) is 1. The molecule has 0 saturated carbocycles. The van der Waals surface area contributed by atoms with Crippen LogP contribution in [0.1, 0.15) is 18.4 Å². The molecule has 3 nitrogen and oxygen atoms in total. The Bertz CT molecular complexity index is 700. The van der Waals surface area contributed by atoms with Crippen LogP contribution in [0.25, 0.3) is 0 Å². The minimum absolute atomic E-state index is 0.0150. The van der Waals surface area contributed by atoms with E-state index in [1.807, 2.05) is 43.3 Å². The fraction of sp³-hybridized carbons (Fsp3) is 0.200. The van der Waals surface area contributed by atoms with Crippen LogP contribution in [0.15, 0.2) is 50.7 Å². The lowest BCUT2D eigenvalue weighted by molar-refractivity contribution is 0.273. The molecule has 0 amide bonds. The number of aliphatic hydroxyl groups excluding tert-OH is 1. The Morgan fingerprint density at radius 3 is 2.55 bits per heavy atom. The highest BCUT2D eigenvalue weighted by atomic mass is 79.9. The van der Waals surface area contributed by atoms with Crippen LogP contribution in [0.3, 0.4) is 0 Å². The van der Waals surface area contributed by atoms with Crippen molar-refractivity contribution in [1.82, 2.24) is 0 Å². The lowest BCUT2D eigenvalue weighted by Crippen LogP contribution is -2.07. The van der Waals surface area contributed by atoms with Gasteiger partial charge in [-0.1, -0.05) is 28.9 Å². The molecule has 20 heavy (non-hydrogen) atoms. The third kappa shape index (κ3) is 2.30. The maximum atomic E-state index is 12.7. The molecule has 1 aliphatic rings. The maximum absolute atomic E-state index is 12.7. The van der Waals surface area contributed by atoms with Crippen LogP contribution in [-0.4, -0.2) is 15.9 Å². The van der Waals surface area contributed by atoms with Gasteiger partial charge < -0.3 is 9.84 Å². The minimum Gasteiger partial charge on any atom is -0.455 e. The molecule has 3 rings (SSSR count). The minimum atomic E-state index is -1.27. The molecule has 0 aliphatic carbocycles. The van der Waals surface area contributed by atoms with E-state index in [2.05, 4.69) is 15.9 Å². The zero-order valence-electron chi connectivity index (χ0n) is 10.8. The van der Waals surface area contributed by atoms with E-state index in [4.69, 9.17) is 4.74 Å². The lowest BCUT2D eigenvalue weighted by Gasteiger charge is -2.21.